The predicted molar refractivity (Wildman–Crippen MR) is 148 cm³/mol. The van der Waals surface area contributed by atoms with Gasteiger partial charge in [0.1, 0.15) is 0 Å². The Kier molecular flexibility index (Phi) is 6.20. The van der Waals surface area contributed by atoms with Crippen molar-refractivity contribution in [2.24, 2.45) is 0 Å². The van der Waals surface area contributed by atoms with E-state index in [-0.39, 0.29) is 12.1 Å². The van der Waals surface area contributed by atoms with Crippen LogP contribution in [0, 0.1) is 20.8 Å². The van der Waals surface area contributed by atoms with E-state index < -0.39 is 0 Å². The summed E-state index contributed by atoms with van der Waals surface area (Å²) in [4.78, 5) is 6.98. The number of pyridine rings is 1. The van der Waals surface area contributed by atoms with Crippen LogP contribution < -0.4 is 10.2 Å². The third-order valence-corrected chi connectivity index (χ3v) is 7.40. The first-order valence-corrected chi connectivity index (χ1v) is 12.6. The van der Waals surface area contributed by atoms with Gasteiger partial charge < -0.3 is 14.8 Å². The first-order chi connectivity index (χ1) is 16.9. The number of hydrogen-bond donors (Lipinski definition) is 1. The maximum Gasteiger partial charge on any atom is 0.174 e. The number of aromatic nitrogens is 2. The molecule has 0 amide bonds. The van der Waals surface area contributed by atoms with Crippen molar-refractivity contribution < 1.29 is 0 Å². The van der Waals surface area contributed by atoms with Crippen molar-refractivity contribution in [3.8, 4) is 5.69 Å². The minimum Gasteiger partial charge on any atom is -0.351 e. The Labute approximate surface area is 213 Å². The zero-order valence-electron chi connectivity index (χ0n) is 21.0. The molecule has 35 heavy (non-hydrogen) atoms. The van der Waals surface area contributed by atoms with Gasteiger partial charge in [0.25, 0.3) is 0 Å². The molecule has 0 bridgehead atoms. The third kappa shape index (κ3) is 4.14. The van der Waals surface area contributed by atoms with E-state index in [1.807, 2.05) is 18.3 Å². The lowest BCUT2D eigenvalue weighted by Crippen LogP contribution is -2.29. The molecule has 2 aromatic heterocycles. The molecule has 3 heterocycles. The first kappa shape index (κ1) is 23.3. The summed E-state index contributed by atoms with van der Waals surface area (Å²) in [6.45, 7) is 11.0. The fourth-order valence-corrected chi connectivity index (χ4v) is 5.59. The van der Waals surface area contributed by atoms with Crippen LogP contribution in [-0.4, -0.2) is 14.7 Å². The number of aryl methyl sites for hydroxylation is 2. The van der Waals surface area contributed by atoms with Gasteiger partial charge in [-0.25, -0.2) is 0 Å². The molecule has 2 aromatic carbocycles. The molecule has 1 saturated heterocycles. The number of nitrogens with one attached hydrogen (secondary N) is 1. The highest BCUT2D eigenvalue weighted by Gasteiger charge is 2.42. The number of thiocarbonyl (C=S) groups is 1. The molecule has 1 aliphatic rings. The average molecular weight is 481 g/mol. The van der Waals surface area contributed by atoms with Gasteiger partial charge in [0.05, 0.1) is 17.8 Å². The number of hydrogen-bond acceptors (Lipinski definition) is 2. The van der Waals surface area contributed by atoms with Crippen molar-refractivity contribution in [1.29, 1.82) is 0 Å². The summed E-state index contributed by atoms with van der Waals surface area (Å²) in [5.41, 5.74) is 9.55. The Balaban J connectivity index is 1.67. The summed E-state index contributed by atoms with van der Waals surface area (Å²) in [5, 5.41) is 4.32. The quantitative estimate of drug-likeness (QED) is 0.309. The molecular formula is C30H32N4S. The van der Waals surface area contributed by atoms with Crippen molar-refractivity contribution >= 4 is 23.0 Å². The smallest absolute Gasteiger partial charge is 0.174 e. The van der Waals surface area contributed by atoms with Crippen molar-refractivity contribution in [3.63, 3.8) is 0 Å². The highest BCUT2D eigenvalue weighted by molar-refractivity contribution is 7.80. The molecule has 5 rings (SSSR count). The Morgan fingerprint density at radius 3 is 2.29 bits per heavy atom. The van der Waals surface area contributed by atoms with Crippen LogP contribution in [0.15, 0.2) is 79.0 Å². The fraction of sp³-hybridized carbons (Fsp3) is 0.267. The van der Waals surface area contributed by atoms with Crippen molar-refractivity contribution in [2.75, 3.05) is 4.90 Å². The molecular weight excluding hydrogens is 448 g/mol. The standard InChI is InChI=1S/C30H32N4S/c1-19(2)23-13-15-24(16-14-23)34-29(28(32-30(34)35)26-11-8-9-17-31-26)25-18-21(4)33(22(25)5)27-12-7-6-10-20(27)3/h6-19,28-29H,1-5H3,(H,32,35)/t28-,29+/m0/s1. The van der Waals surface area contributed by atoms with Crippen LogP contribution in [0.25, 0.3) is 5.69 Å². The van der Waals surface area contributed by atoms with Crippen LogP contribution in [0.3, 0.4) is 0 Å². The van der Waals surface area contributed by atoms with Gasteiger partial charge in [-0.1, -0.05) is 50.2 Å². The lowest BCUT2D eigenvalue weighted by atomic mass is 9.96. The Morgan fingerprint density at radius 1 is 0.914 bits per heavy atom. The second-order valence-electron chi connectivity index (χ2n) is 9.69. The Bertz CT molecular complexity index is 1360. The van der Waals surface area contributed by atoms with Gasteiger partial charge in [-0.15, -0.1) is 0 Å². The minimum atomic E-state index is -0.0562. The largest absolute Gasteiger partial charge is 0.351 e. The van der Waals surface area contributed by atoms with Crippen LogP contribution in [-0.2, 0) is 0 Å². The second kappa shape index (κ2) is 9.31. The summed E-state index contributed by atoms with van der Waals surface area (Å²) in [5.74, 6) is 0.484. The SMILES string of the molecule is Cc1ccccc1-n1c(C)cc([C@@H]2[C@H](c3ccccn3)NC(=S)N2c2ccc(C(C)C)cc2)c1C. The number of benzene rings is 2. The summed E-state index contributed by atoms with van der Waals surface area (Å²) >= 11 is 5.94. The maximum atomic E-state index is 5.94. The van der Waals surface area contributed by atoms with Crippen LogP contribution in [0.2, 0.25) is 0 Å². The monoisotopic (exact) mass is 480 g/mol. The van der Waals surface area contributed by atoms with Crippen LogP contribution >= 0.6 is 12.2 Å². The molecule has 0 radical (unpaired) electrons. The van der Waals surface area contributed by atoms with Gasteiger partial charge in [0.15, 0.2) is 5.11 Å². The van der Waals surface area contributed by atoms with Crippen molar-refractivity contribution in [3.05, 3.63) is 113 Å². The Hall–Kier alpha value is -3.44. The molecule has 1 N–H and O–H groups in total. The van der Waals surface area contributed by atoms with Crippen LogP contribution in [0.5, 0.6) is 0 Å². The van der Waals surface area contributed by atoms with Crippen LogP contribution in [0.1, 0.15) is 65.6 Å². The van der Waals surface area contributed by atoms with E-state index in [0.29, 0.717) is 5.92 Å². The highest BCUT2D eigenvalue weighted by Crippen LogP contribution is 2.44. The molecule has 1 fully saturated rings. The van der Waals surface area contributed by atoms with E-state index >= 15 is 0 Å². The van der Waals surface area contributed by atoms with E-state index in [0.717, 1.165) is 16.5 Å². The molecule has 4 nitrogen and oxygen atoms in total. The predicted octanol–water partition coefficient (Wildman–Crippen LogP) is 7.10. The minimum absolute atomic E-state index is 0.0220. The van der Waals surface area contributed by atoms with E-state index in [4.69, 9.17) is 17.2 Å². The lowest BCUT2D eigenvalue weighted by molar-refractivity contribution is 0.565. The number of nitrogens with zero attached hydrogens (tertiary/aromatic N) is 3. The molecule has 4 aromatic rings. The van der Waals surface area contributed by atoms with Gasteiger partial charge in [-0.05, 0) is 92.0 Å². The van der Waals surface area contributed by atoms with Crippen molar-refractivity contribution in [2.45, 2.75) is 52.6 Å². The molecule has 5 heteroatoms. The summed E-state index contributed by atoms with van der Waals surface area (Å²) < 4.78 is 2.36. The third-order valence-electron chi connectivity index (χ3n) is 7.08. The molecule has 2 atom stereocenters. The van der Waals surface area contributed by atoms with Gasteiger partial charge in [-0.2, -0.15) is 0 Å². The molecule has 178 valence electrons. The molecule has 1 aliphatic heterocycles. The lowest BCUT2D eigenvalue weighted by Gasteiger charge is -2.28. The van der Waals surface area contributed by atoms with Gasteiger partial charge >= 0.3 is 0 Å². The molecule has 0 saturated carbocycles. The molecule has 0 aliphatic carbocycles. The average Bonchev–Trinajstić information content (AvgIpc) is 3.35. The zero-order chi connectivity index (χ0) is 24.7. The van der Waals surface area contributed by atoms with E-state index in [1.54, 1.807) is 0 Å². The zero-order valence-corrected chi connectivity index (χ0v) is 21.8. The number of para-hydroxylation sites is 1. The maximum absolute atomic E-state index is 5.94. The van der Waals surface area contributed by atoms with E-state index in [9.17, 15) is 0 Å². The topological polar surface area (TPSA) is 33.1 Å². The van der Waals surface area contributed by atoms with Gasteiger partial charge in [-0.3, -0.25) is 4.98 Å². The normalized spacial score (nSPS) is 17.8. The van der Waals surface area contributed by atoms with Gasteiger partial charge in [0, 0.05) is 29.0 Å². The second-order valence-corrected chi connectivity index (χ2v) is 10.1. The van der Waals surface area contributed by atoms with E-state index in [2.05, 4.69) is 110 Å². The number of rotatable bonds is 5. The Morgan fingerprint density at radius 2 is 1.63 bits per heavy atom. The summed E-state index contributed by atoms with van der Waals surface area (Å²) in [6.07, 6.45) is 1.85. The first-order valence-electron chi connectivity index (χ1n) is 12.2. The molecule has 0 unspecified atom stereocenters. The van der Waals surface area contributed by atoms with E-state index in [1.165, 1.54) is 33.8 Å². The highest BCUT2D eigenvalue weighted by atomic mass is 32.1. The van der Waals surface area contributed by atoms with Gasteiger partial charge in [0.2, 0.25) is 0 Å². The fourth-order valence-electron chi connectivity index (χ4n) is 5.24. The summed E-state index contributed by atoms with van der Waals surface area (Å²) in [7, 11) is 0. The molecule has 0 spiro atoms. The summed E-state index contributed by atoms with van der Waals surface area (Å²) in [6, 6.07) is 25.7. The number of anilines is 1. The van der Waals surface area contributed by atoms with Crippen LogP contribution in [0.4, 0.5) is 5.69 Å². The van der Waals surface area contributed by atoms with Crippen molar-refractivity contribution in [1.82, 2.24) is 14.9 Å².